The highest BCUT2D eigenvalue weighted by molar-refractivity contribution is 9.10. The van der Waals surface area contributed by atoms with Crippen LogP contribution >= 0.6 is 27.3 Å². The van der Waals surface area contributed by atoms with Crippen LogP contribution in [0.5, 0.6) is 17.2 Å². The van der Waals surface area contributed by atoms with Crippen LogP contribution in [-0.4, -0.2) is 37.5 Å². The van der Waals surface area contributed by atoms with Crippen LogP contribution in [0, 0.1) is 0 Å². The molecule has 4 rings (SSSR count). The number of nitrogens with zero attached hydrogens (tertiary/aromatic N) is 2. The Morgan fingerprint density at radius 3 is 2.67 bits per heavy atom. The van der Waals surface area contributed by atoms with E-state index in [1.807, 2.05) is 31.2 Å². The van der Waals surface area contributed by atoms with Gasteiger partial charge in [-0.05, 0) is 62.2 Å². The lowest BCUT2D eigenvalue weighted by Crippen LogP contribution is -2.40. The summed E-state index contributed by atoms with van der Waals surface area (Å²) in [7, 11) is 1.54. The first-order valence-corrected chi connectivity index (χ1v) is 14.0. The molecule has 0 unspecified atom stereocenters. The Labute approximate surface area is 238 Å². The third-order valence-corrected chi connectivity index (χ3v) is 7.59. The summed E-state index contributed by atoms with van der Waals surface area (Å²) in [5.74, 6) is 1.15. The average Bonchev–Trinajstić information content (AvgIpc) is 3.21. The average molecular weight is 614 g/mol. The minimum atomic E-state index is -0.802. The quantitative estimate of drug-likeness (QED) is 0.247. The zero-order valence-corrected chi connectivity index (χ0v) is 24.6. The number of halogens is 1. The Hall–Kier alpha value is -3.63. The zero-order valence-electron chi connectivity index (χ0n) is 22.2. The normalized spacial score (nSPS) is 14.9. The van der Waals surface area contributed by atoms with Gasteiger partial charge in [-0.3, -0.25) is 9.36 Å². The zero-order chi connectivity index (χ0) is 28.1. The van der Waals surface area contributed by atoms with Crippen LogP contribution in [0.3, 0.4) is 0 Å². The Morgan fingerprint density at radius 1 is 1.18 bits per heavy atom. The molecule has 1 aromatic heterocycles. The van der Waals surface area contributed by atoms with E-state index < -0.39 is 12.0 Å². The van der Waals surface area contributed by atoms with E-state index in [2.05, 4.69) is 27.5 Å². The van der Waals surface area contributed by atoms with Gasteiger partial charge in [0.2, 0.25) is 0 Å². The predicted molar refractivity (Wildman–Crippen MR) is 154 cm³/mol. The Bertz CT molecular complexity index is 1620. The molecule has 0 N–H and O–H groups in total. The summed E-state index contributed by atoms with van der Waals surface area (Å²) in [6, 6.07) is 10.2. The summed E-state index contributed by atoms with van der Waals surface area (Å²) >= 11 is 4.89. The minimum Gasteiger partial charge on any atom is -0.493 e. The molecular formula is C29H29BrN2O6S. The van der Waals surface area contributed by atoms with Crippen LogP contribution < -0.4 is 29.1 Å². The lowest BCUT2D eigenvalue weighted by atomic mass is 9.95. The van der Waals surface area contributed by atoms with Gasteiger partial charge in [-0.25, -0.2) is 9.79 Å². The maximum atomic E-state index is 13.9. The predicted octanol–water partition coefficient (Wildman–Crippen LogP) is 4.53. The van der Waals surface area contributed by atoms with Crippen LogP contribution in [0.2, 0.25) is 0 Å². The van der Waals surface area contributed by atoms with E-state index in [-0.39, 0.29) is 17.7 Å². The fourth-order valence-electron chi connectivity index (χ4n) is 4.27. The number of esters is 1. The second kappa shape index (κ2) is 12.5. The maximum Gasteiger partial charge on any atom is 0.338 e. The second-order valence-electron chi connectivity index (χ2n) is 8.43. The van der Waals surface area contributed by atoms with Gasteiger partial charge in [0.05, 0.1) is 42.2 Å². The molecule has 2 aromatic carbocycles. The molecule has 0 spiro atoms. The van der Waals surface area contributed by atoms with Crippen LogP contribution in [0.1, 0.15) is 37.9 Å². The van der Waals surface area contributed by atoms with Crippen molar-refractivity contribution in [3.63, 3.8) is 0 Å². The monoisotopic (exact) mass is 612 g/mol. The molecule has 39 heavy (non-hydrogen) atoms. The molecule has 0 fully saturated rings. The molecule has 0 amide bonds. The highest BCUT2D eigenvalue weighted by Crippen LogP contribution is 2.41. The number of benzene rings is 2. The summed E-state index contributed by atoms with van der Waals surface area (Å²) < 4.78 is 25.0. The van der Waals surface area contributed by atoms with Gasteiger partial charge in [-0.1, -0.05) is 52.1 Å². The van der Waals surface area contributed by atoms with Gasteiger partial charge in [-0.15, -0.1) is 0 Å². The van der Waals surface area contributed by atoms with Gasteiger partial charge in [0.15, 0.2) is 16.3 Å². The van der Waals surface area contributed by atoms with Gasteiger partial charge in [0, 0.05) is 4.47 Å². The Kier molecular flexibility index (Phi) is 9.08. The van der Waals surface area contributed by atoms with Crippen molar-refractivity contribution in [3.8, 4) is 17.2 Å². The highest BCUT2D eigenvalue weighted by atomic mass is 79.9. The van der Waals surface area contributed by atoms with Crippen LogP contribution in [0.25, 0.3) is 6.08 Å². The molecule has 0 bridgehead atoms. The summed E-state index contributed by atoms with van der Waals surface area (Å²) in [5, 5.41) is 0. The highest BCUT2D eigenvalue weighted by Gasteiger charge is 2.35. The molecule has 1 aliphatic heterocycles. The van der Waals surface area contributed by atoms with E-state index in [1.54, 1.807) is 45.2 Å². The van der Waals surface area contributed by atoms with Gasteiger partial charge in [0.1, 0.15) is 12.4 Å². The molecular weight excluding hydrogens is 584 g/mol. The minimum absolute atomic E-state index is 0.185. The van der Waals surface area contributed by atoms with E-state index in [1.165, 1.54) is 15.9 Å². The van der Waals surface area contributed by atoms with Crippen molar-refractivity contribution in [1.29, 1.82) is 0 Å². The molecule has 3 aromatic rings. The van der Waals surface area contributed by atoms with E-state index in [0.717, 1.165) is 5.56 Å². The lowest BCUT2D eigenvalue weighted by molar-refractivity contribution is -0.139. The van der Waals surface area contributed by atoms with Crippen molar-refractivity contribution in [3.05, 3.63) is 95.6 Å². The Morgan fingerprint density at radius 2 is 1.97 bits per heavy atom. The Balaban J connectivity index is 1.94. The smallest absolute Gasteiger partial charge is 0.338 e. The van der Waals surface area contributed by atoms with Crippen molar-refractivity contribution in [1.82, 2.24) is 4.57 Å². The first-order chi connectivity index (χ1) is 18.8. The van der Waals surface area contributed by atoms with Gasteiger partial charge >= 0.3 is 5.97 Å². The van der Waals surface area contributed by atoms with Crippen molar-refractivity contribution < 1.29 is 23.7 Å². The standard InChI is InChI=1S/C29H29BrN2O6S/c1-6-12-38-19-11-9-10-18(13-19)14-24-27(33)32-26(20-15-22(35-5)23(36-7-2)16-21(20)30)25(28(34)37-8-3)17(4)31-29(32)39-24/h6,9-11,13-16,26H,1,7-8,12H2,2-5H3/b24-14+/t26-/m1/s1. The van der Waals surface area contributed by atoms with Crippen molar-refractivity contribution in [2.24, 2.45) is 4.99 Å². The summed E-state index contributed by atoms with van der Waals surface area (Å²) in [6.45, 7) is 10.0. The molecule has 1 aliphatic rings. The van der Waals surface area contributed by atoms with Gasteiger partial charge in [0.25, 0.3) is 5.56 Å². The number of carbonyl (C=O) groups excluding carboxylic acids is 1. The SMILES string of the molecule is C=CCOc1cccc(/C=c2/sc3n(c2=O)[C@H](c2cc(OC)c(OCC)cc2Br)C(C(=O)OCC)=C(C)N=3)c1. The molecule has 1 atom stereocenters. The van der Waals surface area contributed by atoms with Gasteiger partial charge in [-0.2, -0.15) is 0 Å². The molecule has 0 aliphatic carbocycles. The number of ether oxygens (including phenoxy) is 4. The number of allylic oxidation sites excluding steroid dienone is 1. The molecule has 0 radical (unpaired) electrons. The fraction of sp³-hybridized carbons (Fsp3) is 0.276. The number of methoxy groups -OCH3 is 1. The maximum absolute atomic E-state index is 13.9. The van der Waals surface area contributed by atoms with Crippen LogP contribution in [0.4, 0.5) is 0 Å². The lowest BCUT2D eigenvalue weighted by Gasteiger charge is -2.26. The summed E-state index contributed by atoms with van der Waals surface area (Å²) in [4.78, 5) is 32.2. The van der Waals surface area contributed by atoms with Crippen molar-refractivity contribution >= 4 is 39.3 Å². The molecule has 204 valence electrons. The molecule has 8 nitrogen and oxygen atoms in total. The van der Waals surface area contributed by atoms with E-state index in [0.29, 0.717) is 55.5 Å². The van der Waals surface area contributed by atoms with Crippen molar-refractivity contribution in [2.45, 2.75) is 26.8 Å². The number of aromatic nitrogens is 1. The van der Waals surface area contributed by atoms with E-state index in [9.17, 15) is 9.59 Å². The first-order valence-electron chi connectivity index (χ1n) is 12.4. The van der Waals surface area contributed by atoms with Crippen LogP contribution in [-0.2, 0) is 9.53 Å². The topological polar surface area (TPSA) is 88.3 Å². The van der Waals surface area contributed by atoms with E-state index in [4.69, 9.17) is 18.9 Å². The number of hydrogen-bond donors (Lipinski definition) is 0. The summed E-state index contributed by atoms with van der Waals surface area (Å²) in [5.41, 5.74) is 1.91. The number of thiazole rings is 1. The summed E-state index contributed by atoms with van der Waals surface area (Å²) in [6.07, 6.45) is 3.46. The largest absolute Gasteiger partial charge is 0.493 e. The van der Waals surface area contributed by atoms with Crippen LogP contribution in [0.15, 0.2) is 74.6 Å². The first kappa shape index (κ1) is 28.4. The second-order valence-corrected chi connectivity index (χ2v) is 10.3. The molecule has 2 heterocycles. The fourth-order valence-corrected chi connectivity index (χ4v) is 5.86. The number of carbonyl (C=O) groups is 1. The van der Waals surface area contributed by atoms with Crippen molar-refractivity contribution in [2.75, 3.05) is 26.9 Å². The van der Waals surface area contributed by atoms with E-state index >= 15 is 0 Å². The number of rotatable bonds is 10. The molecule has 0 saturated carbocycles. The van der Waals surface area contributed by atoms with Gasteiger partial charge < -0.3 is 18.9 Å². The molecule has 10 heteroatoms. The third kappa shape index (κ3) is 5.86. The third-order valence-electron chi connectivity index (χ3n) is 5.92. The molecule has 0 saturated heterocycles. The number of hydrogen-bond acceptors (Lipinski definition) is 8. The number of fused-ring (bicyclic) bond motifs is 1.